The molecule has 3 rings (SSSR count). The van der Waals surface area contributed by atoms with Gasteiger partial charge in [-0.05, 0) is 43.4 Å². The predicted octanol–water partition coefficient (Wildman–Crippen LogP) is 1.32. The molecule has 27 heavy (non-hydrogen) atoms. The zero-order valence-electron chi connectivity index (χ0n) is 15.0. The molecular weight excluding hydrogens is 346 g/mol. The van der Waals surface area contributed by atoms with Gasteiger partial charge in [0.25, 0.3) is 5.56 Å². The molecule has 8 heteroatoms. The van der Waals surface area contributed by atoms with Gasteiger partial charge < -0.3 is 26.6 Å². The third-order valence-corrected chi connectivity index (χ3v) is 4.67. The fourth-order valence-electron chi connectivity index (χ4n) is 3.28. The number of aliphatic hydroxyl groups excluding tert-OH is 1. The normalized spacial score (nSPS) is 16.6. The van der Waals surface area contributed by atoms with E-state index in [1.165, 1.54) is 5.56 Å². The minimum atomic E-state index is -1.83. The SMILES string of the molecule is C=C1CCC(c2ccc(NCCCc3c(C(O)O)nc(N)[nH]c3=O)cc2)N1. The fraction of sp³-hybridized carbons (Fsp3) is 0.368. The highest BCUT2D eigenvalue weighted by Crippen LogP contribution is 2.28. The zero-order chi connectivity index (χ0) is 19.4. The van der Waals surface area contributed by atoms with Gasteiger partial charge in [-0.2, -0.15) is 0 Å². The molecule has 7 N–H and O–H groups in total. The van der Waals surface area contributed by atoms with Gasteiger partial charge in [-0.15, -0.1) is 0 Å². The fourth-order valence-corrected chi connectivity index (χ4v) is 3.28. The highest BCUT2D eigenvalue weighted by molar-refractivity contribution is 5.45. The van der Waals surface area contributed by atoms with Gasteiger partial charge in [0.1, 0.15) is 5.69 Å². The second-order valence-electron chi connectivity index (χ2n) is 6.68. The van der Waals surface area contributed by atoms with E-state index in [2.05, 4.69) is 39.3 Å². The first-order chi connectivity index (χ1) is 12.9. The Labute approximate surface area is 157 Å². The molecule has 1 aromatic carbocycles. The van der Waals surface area contributed by atoms with Crippen LogP contribution >= 0.6 is 0 Å². The Bertz CT molecular complexity index is 861. The minimum absolute atomic E-state index is 0.0914. The number of benzene rings is 1. The lowest BCUT2D eigenvalue weighted by molar-refractivity contribution is -0.0466. The van der Waals surface area contributed by atoms with E-state index in [1.54, 1.807) is 0 Å². The summed E-state index contributed by atoms with van der Waals surface area (Å²) in [7, 11) is 0. The van der Waals surface area contributed by atoms with Crippen molar-refractivity contribution < 1.29 is 10.2 Å². The standard InChI is InChI=1S/C19H25N5O3/c1-11-4-9-15(22-11)12-5-7-13(8-6-12)21-10-2-3-14-16(18(26)27)23-19(20)24-17(14)25/h5-8,15,18,21-22,26-27H,1-4,9-10H2,(H3,20,23,24,25). The van der Waals surface area contributed by atoms with Crippen LogP contribution in [-0.4, -0.2) is 26.7 Å². The quantitative estimate of drug-likeness (QED) is 0.319. The van der Waals surface area contributed by atoms with Crippen molar-refractivity contribution in [3.05, 3.63) is 63.7 Å². The van der Waals surface area contributed by atoms with Crippen molar-refractivity contribution in [3.63, 3.8) is 0 Å². The maximum atomic E-state index is 12.0. The van der Waals surface area contributed by atoms with Crippen LogP contribution in [0.3, 0.4) is 0 Å². The molecule has 1 aliphatic rings. The van der Waals surface area contributed by atoms with Crippen LogP contribution in [0, 0.1) is 0 Å². The summed E-state index contributed by atoms with van der Waals surface area (Å²) in [6.07, 6.45) is 1.23. The lowest BCUT2D eigenvalue weighted by Gasteiger charge is -2.13. The van der Waals surface area contributed by atoms with Crippen LogP contribution in [0.4, 0.5) is 11.6 Å². The number of H-pyrrole nitrogens is 1. The van der Waals surface area contributed by atoms with Crippen molar-refractivity contribution in [1.29, 1.82) is 0 Å². The minimum Gasteiger partial charge on any atom is -0.385 e. The van der Waals surface area contributed by atoms with Crippen molar-refractivity contribution in [3.8, 4) is 0 Å². The molecule has 0 spiro atoms. The molecular formula is C19H25N5O3. The molecule has 1 unspecified atom stereocenters. The van der Waals surface area contributed by atoms with E-state index < -0.39 is 11.8 Å². The molecule has 8 nitrogen and oxygen atoms in total. The van der Waals surface area contributed by atoms with E-state index >= 15 is 0 Å². The molecule has 0 radical (unpaired) electrons. The highest BCUT2D eigenvalue weighted by Gasteiger charge is 2.18. The van der Waals surface area contributed by atoms with Gasteiger partial charge in [-0.1, -0.05) is 18.7 Å². The number of nitrogens with two attached hydrogens (primary N) is 1. The predicted molar refractivity (Wildman–Crippen MR) is 104 cm³/mol. The number of aromatic amines is 1. The first kappa shape index (κ1) is 18.9. The third-order valence-electron chi connectivity index (χ3n) is 4.67. The van der Waals surface area contributed by atoms with E-state index in [1.807, 2.05) is 12.1 Å². The molecule has 2 aromatic rings. The molecule has 1 atom stereocenters. The van der Waals surface area contributed by atoms with Gasteiger partial charge in [0.15, 0.2) is 6.29 Å². The summed E-state index contributed by atoms with van der Waals surface area (Å²) in [5, 5.41) is 25.4. The topological polar surface area (TPSA) is 136 Å². The number of anilines is 2. The maximum absolute atomic E-state index is 12.0. The molecule has 144 valence electrons. The summed E-state index contributed by atoms with van der Waals surface area (Å²) in [6, 6.07) is 8.57. The van der Waals surface area contributed by atoms with Gasteiger partial charge in [0, 0.05) is 23.5 Å². The first-order valence-electron chi connectivity index (χ1n) is 8.97. The summed E-state index contributed by atoms with van der Waals surface area (Å²) < 4.78 is 0. The van der Waals surface area contributed by atoms with Crippen LogP contribution in [0.1, 0.15) is 48.4 Å². The molecule has 1 fully saturated rings. The number of nitrogens with one attached hydrogen (secondary N) is 3. The molecule has 0 aliphatic carbocycles. The van der Waals surface area contributed by atoms with Crippen molar-refractivity contribution in [1.82, 2.24) is 15.3 Å². The van der Waals surface area contributed by atoms with Crippen molar-refractivity contribution in [2.24, 2.45) is 0 Å². The van der Waals surface area contributed by atoms with Gasteiger partial charge in [0.05, 0.1) is 6.04 Å². The van der Waals surface area contributed by atoms with Gasteiger partial charge in [-0.25, -0.2) is 4.98 Å². The Hall–Kier alpha value is -2.84. The summed E-state index contributed by atoms with van der Waals surface area (Å²) >= 11 is 0. The van der Waals surface area contributed by atoms with E-state index in [9.17, 15) is 15.0 Å². The zero-order valence-corrected chi connectivity index (χ0v) is 15.0. The first-order valence-corrected chi connectivity index (χ1v) is 8.97. The Morgan fingerprint density at radius 1 is 1.33 bits per heavy atom. The van der Waals surface area contributed by atoms with Gasteiger partial charge >= 0.3 is 0 Å². The van der Waals surface area contributed by atoms with Crippen molar-refractivity contribution >= 4 is 11.6 Å². The van der Waals surface area contributed by atoms with Crippen LogP contribution in [0.15, 0.2) is 41.3 Å². The summed E-state index contributed by atoms with van der Waals surface area (Å²) in [5.41, 5.74) is 8.47. The number of hydrogen-bond donors (Lipinski definition) is 6. The Morgan fingerprint density at radius 3 is 2.70 bits per heavy atom. The Kier molecular flexibility index (Phi) is 5.78. The second-order valence-corrected chi connectivity index (χ2v) is 6.68. The summed E-state index contributed by atoms with van der Waals surface area (Å²) in [5.74, 6) is -0.134. The molecule has 2 heterocycles. The molecule has 0 bridgehead atoms. The van der Waals surface area contributed by atoms with Crippen LogP contribution in [0.25, 0.3) is 0 Å². The highest BCUT2D eigenvalue weighted by atomic mass is 16.5. The van der Waals surface area contributed by atoms with E-state index in [4.69, 9.17) is 5.73 Å². The number of aromatic nitrogens is 2. The van der Waals surface area contributed by atoms with Crippen LogP contribution in [-0.2, 0) is 6.42 Å². The Morgan fingerprint density at radius 2 is 2.07 bits per heavy atom. The second kappa shape index (κ2) is 8.24. The average molecular weight is 371 g/mol. The van der Waals surface area contributed by atoms with Gasteiger partial charge in [0.2, 0.25) is 5.95 Å². The summed E-state index contributed by atoms with van der Waals surface area (Å²) in [4.78, 5) is 18.2. The van der Waals surface area contributed by atoms with Crippen molar-refractivity contribution in [2.45, 2.75) is 38.0 Å². The van der Waals surface area contributed by atoms with Crippen molar-refractivity contribution in [2.75, 3.05) is 17.6 Å². The number of hydrogen-bond acceptors (Lipinski definition) is 7. The number of aliphatic hydroxyl groups is 2. The number of nitrogens with zero attached hydrogens (tertiary/aromatic N) is 1. The molecule has 1 aromatic heterocycles. The van der Waals surface area contributed by atoms with Crippen LogP contribution in [0.2, 0.25) is 0 Å². The molecule has 1 aliphatic heterocycles. The van der Waals surface area contributed by atoms with E-state index in [-0.39, 0.29) is 17.2 Å². The molecule has 0 saturated carbocycles. The maximum Gasteiger partial charge on any atom is 0.255 e. The third kappa shape index (κ3) is 4.66. The summed E-state index contributed by atoms with van der Waals surface area (Å²) in [6.45, 7) is 4.59. The molecule has 0 amide bonds. The molecule has 1 saturated heterocycles. The lowest BCUT2D eigenvalue weighted by atomic mass is 10.0. The van der Waals surface area contributed by atoms with Gasteiger partial charge in [-0.3, -0.25) is 9.78 Å². The smallest absolute Gasteiger partial charge is 0.255 e. The number of nitrogen functional groups attached to an aromatic ring is 1. The van der Waals surface area contributed by atoms with Crippen LogP contribution < -0.4 is 21.9 Å². The van der Waals surface area contributed by atoms with E-state index in [0.717, 1.165) is 24.2 Å². The number of rotatable bonds is 7. The average Bonchev–Trinajstić information content (AvgIpc) is 3.06. The Balaban J connectivity index is 1.53. The number of allylic oxidation sites excluding steroid dienone is 1. The largest absolute Gasteiger partial charge is 0.385 e. The lowest BCUT2D eigenvalue weighted by Crippen LogP contribution is -2.22. The van der Waals surface area contributed by atoms with E-state index in [0.29, 0.717) is 25.4 Å². The van der Waals surface area contributed by atoms with Crippen LogP contribution in [0.5, 0.6) is 0 Å². The monoisotopic (exact) mass is 371 g/mol.